The lowest BCUT2D eigenvalue weighted by molar-refractivity contribution is -0.385. The molecule has 0 aliphatic heterocycles. The molecule has 1 rings (SSSR count). The Morgan fingerprint density at radius 2 is 2.06 bits per heavy atom. The smallest absolute Gasteiger partial charge is 0.258 e. The first-order valence-corrected chi connectivity index (χ1v) is 6.69. The third-order valence-electron chi connectivity index (χ3n) is 2.11. The highest BCUT2D eigenvalue weighted by Crippen LogP contribution is 2.16. The summed E-state index contributed by atoms with van der Waals surface area (Å²) < 4.78 is 16.0. The van der Waals surface area contributed by atoms with Crippen molar-refractivity contribution < 1.29 is 9.13 Å². The highest BCUT2D eigenvalue weighted by atomic mass is 32.2. The van der Waals surface area contributed by atoms with Crippen molar-refractivity contribution in [3.63, 3.8) is 0 Å². The molecule has 1 heterocycles. The molecule has 0 aromatic carbocycles. The standard InChI is InChI=1S/C9H13N3O3S/c1-3-16(15,4-2)11-9-6-5-8(7-10-9)12(13)14/h5-7H,3-4H2,1-2H3. The number of nitro groups is 1. The van der Waals surface area contributed by atoms with Crippen LogP contribution < -0.4 is 0 Å². The minimum atomic E-state index is -2.26. The van der Waals surface area contributed by atoms with E-state index in [1.165, 1.54) is 12.1 Å². The van der Waals surface area contributed by atoms with E-state index in [1.54, 1.807) is 13.8 Å². The van der Waals surface area contributed by atoms with Crippen LogP contribution in [-0.4, -0.2) is 25.6 Å². The first kappa shape index (κ1) is 12.6. The molecule has 1 aromatic rings. The fourth-order valence-electron chi connectivity index (χ4n) is 1.04. The van der Waals surface area contributed by atoms with Gasteiger partial charge in [0.05, 0.1) is 14.7 Å². The Kier molecular flexibility index (Phi) is 3.94. The molecule has 7 heteroatoms. The molecule has 0 radical (unpaired) electrons. The minimum Gasteiger partial charge on any atom is -0.258 e. The molecule has 0 amide bonds. The predicted octanol–water partition coefficient (Wildman–Crippen LogP) is 2.13. The van der Waals surface area contributed by atoms with Crippen molar-refractivity contribution in [3.05, 3.63) is 28.4 Å². The summed E-state index contributed by atoms with van der Waals surface area (Å²) >= 11 is 0. The molecule has 0 aliphatic carbocycles. The molecule has 0 bridgehead atoms. The Bertz CT molecular complexity index is 479. The summed E-state index contributed by atoms with van der Waals surface area (Å²) in [4.78, 5) is 13.6. The molecule has 0 aliphatic rings. The van der Waals surface area contributed by atoms with Gasteiger partial charge in [0, 0.05) is 17.6 Å². The van der Waals surface area contributed by atoms with Crippen LogP contribution in [0, 0.1) is 10.1 Å². The highest BCUT2D eigenvalue weighted by Gasteiger charge is 2.07. The van der Waals surface area contributed by atoms with Crippen LogP contribution in [0.25, 0.3) is 0 Å². The molecule has 1 aromatic heterocycles. The van der Waals surface area contributed by atoms with Crippen molar-refractivity contribution in [2.45, 2.75) is 13.8 Å². The van der Waals surface area contributed by atoms with Crippen LogP contribution in [0.15, 0.2) is 22.7 Å². The quantitative estimate of drug-likeness (QED) is 0.598. The van der Waals surface area contributed by atoms with E-state index in [0.717, 1.165) is 6.20 Å². The fraction of sp³-hybridized carbons (Fsp3) is 0.444. The predicted molar refractivity (Wildman–Crippen MR) is 62.2 cm³/mol. The van der Waals surface area contributed by atoms with Gasteiger partial charge in [-0.15, -0.1) is 0 Å². The van der Waals surface area contributed by atoms with E-state index in [9.17, 15) is 14.3 Å². The molecular weight excluding hydrogens is 230 g/mol. The van der Waals surface area contributed by atoms with Crippen LogP contribution >= 0.6 is 0 Å². The number of hydrogen-bond donors (Lipinski definition) is 0. The zero-order valence-corrected chi connectivity index (χ0v) is 9.94. The second-order valence-corrected chi connectivity index (χ2v) is 5.96. The Morgan fingerprint density at radius 1 is 1.44 bits per heavy atom. The molecule has 0 fully saturated rings. The van der Waals surface area contributed by atoms with Crippen molar-refractivity contribution in [2.75, 3.05) is 11.5 Å². The van der Waals surface area contributed by atoms with Gasteiger partial charge < -0.3 is 0 Å². The van der Waals surface area contributed by atoms with E-state index < -0.39 is 14.7 Å². The van der Waals surface area contributed by atoms with Crippen LogP contribution in [-0.2, 0) is 9.73 Å². The van der Waals surface area contributed by atoms with Gasteiger partial charge in [0.1, 0.15) is 6.20 Å². The second-order valence-electron chi connectivity index (χ2n) is 3.07. The highest BCUT2D eigenvalue weighted by molar-refractivity contribution is 7.93. The maximum absolute atomic E-state index is 12.0. The van der Waals surface area contributed by atoms with E-state index in [1.807, 2.05) is 0 Å². The zero-order valence-electron chi connectivity index (χ0n) is 9.12. The summed E-state index contributed by atoms with van der Waals surface area (Å²) in [5, 5.41) is 10.4. The van der Waals surface area contributed by atoms with Crippen molar-refractivity contribution >= 4 is 21.2 Å². The van der Waals surface area contributed by atoms with Crippen LogP contribution in [0.2, 0.25) is 0 Å². The lowest BCUT2D eigenvalue weighted by Gasteiger charge is -2.02. The van der Waals surface area contributed by atoms with Gasteiger partial charge in [-0.05, 0) is 6.07 Å². The fourth-order valence-corrected chi connectivity index (χ4v) is 2.16. The molecule has 6 nitrogen and oxygen atoms in total. The molecule has 0 spiro atoms. The maximum Gasteiger partial charge on any atom is 0.287 e. The Hall–Kier alpha value is -1.50. The van der Waals surface area contributed by atoms with E-state index in [0.29, 0.717) is 11.5 Å². The zero-order chi connectivity index (χ0) is 12.2. The summed E-state index contributed by atoms with van der Waals surface area (Å²) in [7, 11) is -2.26. The van der Waals surface area contributed by atoms with Crippen LogP contribution in [0.5, 0.6) is 0 Å². The molecule has 0 N–H and O–H groups in total. The van der Waals surface area contributed by atoms with Gasteiger partial charge in [-0.2, -0.15) is 4.36 Å². The van der Waals surface area contributed by atoms with E-state index in [-0.39, 0.29) is 11.5 Å². The molecule has 16 heavy (non-hydrogen) atoms. The molecular formula is C9H13N3O3S. The van der Waals surface area contributed by atoms with Crippen molar-refractivity contribution in [1.82, 2.24) is 4.98 Å². The summed E-state index contributed by atoms with van der Waals surface area (Å²) in [5.74, 6) is 1.17. The number of pyridine rings is 1. The summed E-state index contributed by atoms with van der Waals surface area (Å²) in [6.45, 7) is 3.58. The van der Waals surface area contributed by atoms with Crippen LogP contribution in [0.4, 0.5) is 11.5 Å². The van der Waals surface area contributed by atoms with E-state index >= 15 is 0 Å². The second kappa shape index (κ2) is 5.02. The van der Waals surface area contributed by atoms with Gasteiger partial charge in [0.2, 0.25) is 0 Å². The summed E-state index contributed by atoms with van der Waals surface area (Å²) in [5.41, 5.74) is -0.0987. The average Bonchev–Trinajstić information content (AvgIpc) is 2.29. The number of hydrogen-bond acceptors (Lipinski definition) is 5. The third-order valence-corrected chi connectivity index (χ3v) is 4.43. The van der Waals surface area contributed by atoms with E-state index in [4.69, 9.17) is 0 Å². The van der Waals surface area contributed by atoms with Gasteiger partial charge >= 0.3 is 0 Å². The monoisotopic (exact) mass is 243 g/mol. The van der Waals surface area contributed by atoms with Crippen molar-refractivity contribution in [3.8, 4) is 0 Å². The average molecular weight is 243 g/mol. The van der Waals surface area contributed by atoms with Crippen LogP contribution in [0.1, 0.15) is 13.8 Å². The van der Waals surface area contributed by atoms with Gasteiger partial charge in [-0.25, -0.2) is 9.19 Å². The molecule has 0 saturated heterocycles. The third kappa shape index (κ3) is 2.99. The Labute approximate surface area is 94.0 Å². The lowest BCUT2D eigenvalue weighted by Crippen LogP contribution is -2.05. The normalized spacial score (nSPS) is 11.1. The van der Waals surface area contributed by atoms with Gasteiger partial charge in [0.15, 0.2) is 5.82 Å². The van der Waals surface area contributed by atoms with E-state index in [2.05, 4.69) is 9.35 Å². The molecule has 0 unspecified atom stereocenters. The summed E-state index contributed by atoms with van der Waals surface area (Å²) in [6.07, 6.45) is 1.12. The number of nitrogens with zero attached hydrogens (tertiary/aromatic N) is 3. The van der Waals surface area contributed by atoms with Gasteiger partial charge in [-0.1, -0.05) is 13.8 Å². The minimum absolute atomic E-state index is 0.0987. The first-order valence-electron chi connectivity index (χ1n) is 4.83. The van der Waals surface area contributed by atoms with Gasteiger partial charge in [0.25, 0.3) is 5.69 Å². The van der Waals surface area contributed by atoms with Crippen molar-refractivity contribution in [1.29, 1.82) is 0 Å². The van der Waals surface area contributed by atoms with Crippen LogP contribution in [0.3, 0.4) is 0 Å². The largest absolute Gasteiger partial charge is 0.287 e. The van der Waals surface area contributed by atoms with Crippen molar-refractivity contribution in [2.24, 2.45) is 4.36 Å². The maximum atomic E-state index is 12.0. The molecule has 88 valence electrons. The molecule has 0 atom stereocenters. The Balaban J connectivity index is 3.08. The first-order chi connectivity index (χ1) is 7.50. The summed E-state index contributed by atoms with van der Waals surface area (Å²) in [6, 6.07) is 2.71. The number of rotatable bonds is 4. The van der Waals surface area contributed by atoms with Gasteiger partial charge in [-0.3, -0.25) is 10.1 Å². The SMILES string of the molecule is CCS(=O)(CC)=Nc1ccc([N+](=O)[O-])cn1. The topological polar surface area (TPSA) is 85.5 Å². The Morgan fingerprint density at radius 3 is 2.44 bits per heavy atom. The number of aromatic nitrogens is 1. The lowest BCUT2D eigenvalue weighted by atomic mass is 10.4. The molecule has 0 saturated carbocycles.